The molecule has 0 bridgehead atoms. The second-order valence-corrected chi connectivity index (χ2v) is 6.24. The molecule has 2 aromatic heterocycles. The van der Waals surface area contributed by atoms with Crippen molar-refractivity contribution in [3.05, 3.63) is 23.5 Å². The fourth-order valence-corrected chi connectivity index (χ4v) is 3.34. The van der Waals surface area contributed by atoms with Gasteiger partial charge in [0.25, 0.3) is 0 Å². The summed E-state index contributed by atoms with van der Waals surface area (Å²) in [5.41, 5.74) is 0.980. The van der Waals surface area contributed by atoms with Crippen molar-refractivity contribution in [3.8, 4) is 0 Å². The normalized spacial score (nSPS) is 12.4. The van der Waals surface area contributed by atoms with Gasteiger partial charge in [-0.2, -0.15) is 11.8 Å². The van der Waals surface area contributed by atoms with Crippen LogP contribution in [0.4, 0.5) is 0 Å². The molecule has 2 rings (SSSR count). The maximum Gasteiger partial charge on any atom is 0.326 e. The lowest BCUT2D eigenvalue weighted by molar-refractivity contribution is -0.141. The van der Waals surface area contributed by atoms with Crippen molar-refractivity contribution < 1.29 is 14.7 Å². The summed E-state index contributed by atoms with van der Waals surface area (Å²) >= 11 is 3.19. The van der Waals surface area contributed by atoms with E-state index in [0.29, 0.717) is 12.2 Å². The summed E-state index contributed by atoms with van der Waals surface area (Å²) in [6.45, 7) is 1.32. The molecule has 0 aliphatic heterocycles. The van der Waals surface area contributed by atoms with Gasteiger partial charge < -0.3 is 10.4 Å². The molecule has 1 atom stereocenters. The zero-order valence-corrected chi connectivity index (χ0v) is 12.5. The van der Waals surface area contributed by atoms with E-state index in [1.165, 1.54) is 6.92 Å². The predicted molar refractivity (Wildman–Crippen MR) is 79.1 cm³/mol. The Morgan fingerprint density at radius 3 is 3.05 bits per heavy atom. The predicted octanol–water partition coefficient (Wildman–Crippen LogP) is 1.61. The topological polar surface area (TPSA) is 83.7 Å². The minimum absolute atomic E-state index is 0.322. The first-order valence-corrected chi connectivity index (χ1v) is 8.08. The van der Waals surface area contributed by atoms with Gasteiger partial charge in [0.15, 0.2) is 4.96 Å². The van der Waals surface area contributed by atoms with E-state index in [2.05, 4.69) is 10.3 Å². The molecule has 0 spiro atoms. The molecule has 0 radical (unpaired) electrons. The number of rotatable bonds is 7. The molecule has 0 aromatic carbocycles. The van der Waals surface area contributed by atoms with Crippen LogP contribution in [0.3, 0.4) is 0 Å². The lowest BCUT2D eigenvalue weighted by Gasteiger charge is -2.12. The number of imidazole rings is 1. The number of thioether (sulfide) groups is 1. The van der Waals surface area contributed by atoms with Gasteiger partial charge >= 0.3 is 5.97 Å². The summed E-state index contributed by atoms with van der Waals surface area (Å²) in [7, 11) is 0. The summed E-state index contributed by atoms with van der Waals surface area (Å²) in [5, 5.41) is 13.4. The van der Waals surface area contributed by atoms with Crippen LogP contribution in [0, 0.1) is 0 Å². The molecule has 2 heterocycles. The van der Waals surface area contributed by atoms with E-state index < -0.39 is 12.0 Å². The van der Waals surface area contributed by atoms with Gasteiger partial charge in [0.05, 0.1) is 5.69 Å². The molecule has 20 heavy (non-hydrogen) atoms. The number of carbonyl (C=O) groups is 2. The van der Waals surface area contributed by atoms with Crippen molar-refractivity contribution in [1.82, 2.24) is 14.7 Å². The number of fused-ring (bicyclic) bond motifs is 1. The summed E-state index contributed by atoms with van der Waals surface area (Å²) in [6, 6.07) is -0.814. The van der Waals surface area contributed by atoms with Crippen LogP contribution in [0.15, 0.2) is 17.8 Å². The molecule has 0 aliphatic carbocycles. The third-order valence-corrected chi connectivity index (χ3v) is 4.41. The van der Waals surface area contributed by atoms with Crippen molar-refractivity contribution in [3.63, 3.8) is 0 Å². The number of nitrogens with one attached hydrogen (secondary N) is 1. The number of carbonyl (C=O) groups excluding carboxylic acids is 1. The molecule has 1 amide bonds. The maximum atomic E-state index is 10.9. The van der Waals surface area contributed by atoms with Crippen molar-refractivity contribution in [2.45, 2.75) is 25.1 Å². The monoisotopic (exact) mass is 313 g/mol. The molecule has 108 valence electrons. The highest BCUT2D eigenvalue weighted by atomic mass is 32.2. The highest BCUT2D eigenvalue weighted by molar-refractivity contribution is 7.98. The molecule has 0 aliphatic rings. The Morgan fingerprint density at radius 2 is 2.40 bits per heavy atom. The molecule has 8 heteroatoms. The van der Waals surface area contributed by atoms with E-state index in [1.54, 1.807) is 23.1 Å². The number of hydrogen-bond acceptors (Lipinski definition) is 5. The summed E-state index contributed by atoms with van der Waals surface area (Å²) < 4.78 is 1.97. The second kappa shape index (κ2) is 6.76. The maximum absolute atomic E-state index is 10.9. The number of carboxylic acids is 1. The highest BCUT2D eigenvalue weighted by Crippen LogP contribution is 2.17. The fourth-order valence-electron chi connectivity index (χ4n) is 1.73. The number of amides is 1. The van der Waals surface area contributed by atoms with Gasteiger partial charge in [-0.05, 0) is 12.2 Å². The van der Waals surface area contributed by atoms with Gasteiger partial charge in [-0.15, -0.1) is 11.3 Å². The second-order valence-electron chi connectivity index (χ2n) is 4.26. The van der Waals surface area contributed by atoms with E-state index in [-0.39, 0.29) is 5.91 Å². The molecule has 2 N–H and O–H groups in total. The molecule has 0 saturated heterocycles. The third-order valence-electron chi connectivity index (χ3n) is 2.62. The van der Waals surface area contributed by atoms with Gasteiger partial charge in [-0.1, -0.05) is 0 Å². The lowest BCUT2D eigenvalue weighted by Crippen LogP contribution is -2.39. The molecule has 6 nitrogen and oxygen atoms in total. The quantitative estimate of drug-likeness (QED) is 0.759. The number of hydrogen-bond donors (Lipinski definition) is 2. The summed E-state index contributed by atoms with van der Waals surface area (Å²) in [6.07, 6.45) is 4.33. The van der Waals surface area contributed by atoms with Gasteiger partial charge in [-0.25, -0.2) is 9.78 Å². The van der Waals surface area contributed by atoms with E-state index in [1.807, 2.05) is 22.2 Å². The zero-order chi connectivity index (χ0) is 14.5. The number of nitrogens with zero attached hydrogens (tertiary/aromatic N) is 2. The Balaban J connectivity index is 1.76. The van der Waals surface area contributed by atoms with Crippen molar-refractivity contribution in [1.29, 1.82) is 0 Å². The van der Waals surface area contributed by atoms with E-state index >= 15 is 0 Å². The first kappa shape index (κ1) is 14.9. The molecular weight excluding hydrogens is 298 g/mol. The Labute approximate surface area is 124 Å². The third kappa shape index (κ3) is 3.97. The number of aromatic nitrogens is 2. The first-order valence-electron chi connectivity index (χ1n) is 6.05. The van der Waals surface area contributed by atoms with Crippen molar-refractivity contribution >= 4 is 39.9 Å². The van der Waals surface area contributed by atoms with Crippen LogP contribution in [0.1, 0.15) is 19.0 Å². The minimum Gasteiger partial charge on any atom is -0.480 e. The average molecular weight is 313 g/mol. The molecular formula is C12H15N3O3S2. The number of aliphatic carboxylic acids is 1. The zero-order valence-electron chi connectivity index (χ0n) is 10.9. The Kier molecular flexibility index (Phi) is 5.02. The Hall–Kier alpha value is -1.54. The average Bonchev–Trinajstić information content (AvgIpc) is 2.92. The minimum atomic E-state index is -0.997. The Bertz CT molecular complexity index is 579. The van der Waals surface area contributed by atoms with Gasteiger partial charge in [0.1, 0.15) is 6.04 Å². The van der Waals surface area contributed by atoms with Gasteiger partial charge in [0.2, 0.25) is 5.91 Å². The van der Waals surface area contributed by atoms with Crippen LogP contribution in [-0.2, 0) is 15.3 Å². The van der Waals surface area contributed by atoms with Crippen LogP contribution in [-0.4, -0.2) is 38.2 Å². The van der Waals surface area contributed by atoms with E-state index in [0.717, 1.165) is 16.4 Å². The van der Waals surface area contributed by atoms with Crippen LogP contribution >= 0.6 is 23.1 Å². The fraction of sp³-hybridized carbons (Fsp3) is 0.417. The summed E-state index contributed by atoms with van der Waals surface area (Å²) in [4.78, 5) is 27.2. The van der Waals surface area contributed by atoms with Crippen LogP contribution in [0.25, 0.3) is 4.96 Å². The molecule has 0 saturated carbocycles. The van der Waals surface area contributed by atoms with E-state index in [9.17, 15) is 9.59 Å². The van der Waals surface area contributed by atoms with E-state index in [4.69, 9.17) is 5.11 Å². The van der Waals surface area contributed by atoms with Gasteiger partial charge in [0, 0.05) is 30.5 Å². The van der Waals surface area contributed by atoms with Crippen molar-refractivity contribution in [2.75, 3.05) is 5.75 Å². The first-order chi connectivity index (χ1) is 9.56. The van der Waals surface area contributed by atoms with Crippen LogP contribution in [0.2, 0.25) is 0 Å². The standard InChI is InChI=1S/C12H15N3O3S2/c1-8(16)13-10(11(17)18)2-4-19-7-9-6-15-3-5-20-12(15)14-9/h3,5-6,10H,2,4,7H2,1H3,(H,13,16)(H,17,18). The summed E-state index contributed by atoms with van der Waals surface area (Å²) in [5.74, 6) is 0.0727. The highest BCUT2D eigenvalue weighted by Gasteiger charge is 2.17. The lowest BCUT2D eigenvalue weighted by atomic mass is 10.2. The molecule has 2 aromatic rings. The van der Waals surface area contributed by atoms with Gasteiger partial charge in [-0.3, -0.25) is 9.20 Å². The Morgan fingerprint density at radius 1 is 1.60 bits per heavy atom. The number of carboxylic acid groups (broad SMARTS) is 1. The van der Waals surface area contributed by atoms with Crippen LogP contribution < -0.4 is 5.32 Å². The molecule has 1 unspecified atom stereocenters. The van der Waals surface area contributed by atoms with Crippen LogP contribution in [0.5, 0.6) is 0 Å². The SMILES string of the molecule is CC(=O)NC(CCSCc1cn2ccsc2n1)C(=O)O. The number of thiazole rings is 1. The molecule has 0 fully saturated rings. The smallest absolute Gasteiger partial charge is 0.326 e. The largest absolute Gasteiger partial charge is 0.480 e. The van der Waals surface area contributed by atoms with Crippen molar-refractivity contribution in [2.24, 2.45) is 0 Å².